The fraction of sp³-hybridized carbons (Fsp3) is 0.789. The molecule has 3 aliphatic rings. The van der Waals surface area contributed by atoms with Crippen LogP contribution in [0.1, 0.15) is 52.9 Å². The molecule has 1 saturated heterocycles. The summed E-state index contributed by atoms with van der Waals surface area (Å²) in [5, 5.41) is 10.7. The molecule has 6 atom stereocenters. The predicted octanol–water partition coefficient (Wildman–Crippen LogP) is 4.10. The minimum absolute atomic E-state index is 0.0174. The fourth-order valence-corrected chi connectivity index (χ4v) is 4.95. The highest BCUT2D eigenvalue weighted by Gasteiger charge is 2.53. The van der Waals surface area contributed by atoms with Crippen LogP contribution < -0.4 is 0 Å². The van der Waals surface area contributed by atoms with Crippen LogP contribution in [-0.4, -0.2) is 23.4 Å². The van der Waals surface area contributed by atoms with E-state index in [0.29, 0.717) is 23.7 Å². The Morgan fingerprint density at radius 1 is 1.33 bits per heavy atom. The first-order valence-electron chi connectivity index (χ1n) is 8.66. The minimum atomic E-state index is -0.322. The van der Waals surface area contributed by atoms with Crippen molar-refractivity contribution in [3.63, 3.8) is 0 Å². The lowest BCUT2D eigenvalue weighted by molar-refractivity contribution is -0.0579. The second-order valence-electron chi connectivity index (χ2n) is 7.75. The molecule has 2 heteroatoms. The Morgan fingerprint density at radius 2 is 2.10 bits per heavy atom. The van der Waals surface area contributed by atoms with Gasteiger partial charge in [-0.2, -0.15) is 0 Å². The largest absolute Gasteiger partial charge is 0.390 e. The van der Waals surface area contributed by atoms with Crippen LogP contribution in [0.4, 0.5) is 0 Å². The number of ether oxygens (including phenoxy) is 1. The second-order valence-corrected chi connectivity index (χ2v) is 7.75. The topological polar surface area (TPSA) is 29.5 Å². The average Bonchev–Trinajstić information content (AvgIpc) is 2.80. The van der Waals surface area contributed by atoms with Crippen molar-refractivity contribution in [3.05, 3.63) is 23.8 Å². The van der Waals surface area contributed by atoms with E-state index in [1.807, 2.05) is 0 Å². The van der Waals surface area contributed by atoms with Crippen molar-refractivity contribution in [1.82, 2.24) is 0 Å². The van der Waals surface area contributed by atoms with Gasteiger partial charge in [0.25, 0.3) is 0 Å². The van der Waals surface area contributed by atoms with E-state index in [4.69, 9.17) is 4.74 Å². The Morgan fingerprint density at radius 3 is 2.81 bits per heavy atom. The molecule has 0 unspecified atom stereocenters. The van der Waals surface area contributed by atoms with Crippen LogP contribution in [0.25, 0.3) is 0 Å². The third kappa shape index (κ3) is 2.73. The monoisotopic (exact) mass is 290 g/mol. The zero-order valence-electron chi connectivity index (χ0n) is 13.7. The molecular formula is C19H30O2. The molecule has 0 amide bonds. The SMILES string of the molecule is C=C1CC[C@H](C(C)C)[C@H]2[C@H]3O[C@H](C/C(C)=C\CC[C@@H]3O)[C@@H]12. The highest BCUT2D eigenvalue weighted by Crippen LogP contribution is 2.52. The summed E-state index contributed by atoms with van der Waals surface area (Å²) < 4.78 is 6.41. The van der Waals surface area contributed by atoms with Crippen LogP contribution >= 0.6 is 0 Å². The van der Waals surface area contributed by atoms with Crippen LogP contribution in [0.5, 0.6) is 0 Å². The maximum atomic E-state index is 10.7. The van der Waals surface area contributed by atoms with E-state index in [-0.39, 0.29) is 18.3 Å². The van der Waals surface area contributed by atoms with Gasteiger partial charge in [0.1, 0.15) is 0 Å². The molecule has 1 saturated carbocycles. The third-order valence-electron chi connectivity index (χ3n) is 6.01. The number of allylic oxidation sites excluding steroid dienone is 1. The molecule has 0 aromatic heterocycles. The zero-order chi connectivity index (χ0) is 15.1. The maximum Gasteiger partial charge on any atom is 0.0875 e. The molecule has 2 heterocycles. The van der Waals surface area contributed by atoms with Crippen LogP contribution in [0.2, 0.25) is 0 Å². The summed E-state index contributed by atoms with van der Waals surface area (Å²) in [4.78, 5) is 0. The summed E-state index contributed by atoms with van der Waals surface area (Å²) in [5.74, 6) is 2.24. The van der Waals surface area contributed by atoms with E-state index in [9.17, 15) is 5.11 Å². The number of hydrogen-bond acceptors (Lipinski definition) is 2. The van der Waals surface area contributed by atoms with Gasteiger partial charge >= 0.3 is 0 Å². The summed E-state index contributed by atoms with van der Waals surface area (Å²) >= 11 is 0. The molecule has 21 heavy (non-hydrogen) atoms. The molecule has 118 valence electrons. The lowest BCUT2D eigenvalue weighted by Crippen LogP contribution is -2.41. The summed E-state index contributed by atoms with van der Waals surface area (Å²) in [6, 6.07) is 0. The number of aliphatic hydroxyl groups is 1. The van der Waals surface area contributed by atoms with E-state index in [0.717, 1.165) is 25.7 Å². The van der Waals surface area contributed by atoms with E-state index >= 15 is 0 Å². The lowest BCUT2D eigenvalue weighted by Gasteiger charge is -2.41. The Labute approximate surface area is 129 Å². The van der Waals surface area contributed by atoms with Gasteiger partial charge in [0.15, 0.2) is 0 Å². The van der Waals surface area contributed by atoms with Gasteiger partial charge in [-0.1, -0.05) is 37.6 Å². The molecule has 2 fully saturated rings. The summed E-state index contributed by atoms with van der Waals surface area (Å²) in [5.41, 5.74) is 2.78. The molecular weight excluding hydrogens is 260 g/mol. The number of rotatable bonds is 1. The fourth-order valence-electron chi connectivity index (χ4n) is 4.95. The Hall–Kier alpha value is -0.600. The Balaban J connectivity index is 1.96. The average molecular weight is 290 g/mol. The number of fused-ring (bicyclic) bond motifs is 5. The van der Waals surface area contributed by atoms with E-state index in [2.05, 4.69) is 33.4 Å². The maximum absolute atomic E-state index is 10.7. The van der Waals surface area contributed by atoms with E-state index in [1.165, 1.54) is 17.6 Å². The van der Waals surface area contributed by atoms with Crippen molar-refractivity contribution in [2.24, 2.45) is 23.7 Å². The van der Waals surface area contributed by atoms with Gasteiger partial charge in [0.05, 0.1) is 18.3 Å². The number of hydrogen-bond donors (Lipinski definition) is 1. The molecule has 1 N–H and O–H groups in total. The van der Waals surface area contributed by atoms with Gasteiger partial charge in [-0.3, -0.25) is 0 Å². The summed E-state index contributed by atoms with van der Waals surface area (Å²) in [6.45, 7) is 11.2. The van der Waals surface area contributed by atoms with Crippen molar-refractivity contribution < 1.29 is 9.84 Å². The first-order chi connectivity index (χ1) is 9.99. The molecule has 2 nitrogen and oxygen atoms in total. The van der Waals surface area contributed by atoms with Gasteiger partial charge in [-0.05, 0) is 56.8 Å². The zero-order valence-corrected chi connectivity index (χ0v) is 13.7. The van der Waals surface area contributed by atoms with Gasteiger partial charge in [0, 0.05) is 5.92 Å². The van der Waals surface area contributed by atoms with Crippen LogP contribution in [0, 0.1) is 23.7 Å². The van der Waals surface area contributed by atoms with Crippen LogP contribution in [-0.2, 0) is 4.74 Å². The predicted molar refractivity (Wildman–Crippen MR) is 86.0 cm³/mol. The molecule has 0 spiro atoms. The van der Waals surface area contributed by atoms with Crippen molar-refractivity contribution >= 4 is 0 Å². The standard InChI is InChI=1S/C19H30O2/c1-11(2)14-9-8-13(4)17-16-10-12(3)6-5-7-15(20)19(21-16)18(14)17/h6,11,14-20H,4-5,7-10H2,1-3H3/b12-6-/t14-,15+,16-,17-,18-,19+/m1/s1. The second kappa shape index (κ2) is 5.89. The molecule has 2 bridgehead atoms. The van der Waals surface area contributed by atoms with Crippen LogP contribution in [0.3, 0.4) is 0 Å². The summed E-state index contributed by atoms with van der Waals surface area (Å²) in [7, 11) is 0. The molecule has 1 aliphatic carbocycles. The van der Waals surface area contributed by atoms with Crippen molar-refractivity contribution in [1.29, 1.82) is 0 Å². The third-order valence-corrected chi connectivity index (χ3v) is 6.01. The number of aliphatic hydroxyl groups excluding tert-OH is 1. The van der Waals surface area contributed by atoms with Gasteiger partial charge < -0.3 is 9.84 Å². The van der Waals surface area contributed by atoms with Gasteiger partial charge in [-0.15, -0.1) is 0 Å². The first kappa shape index (κ1) is 15.3. The first-order valence-corrected chi connectivity index (χ1v) is 8.66. The van der Waals surface area contributed by atoms with E-state index < -0.39 is 0 Å². The van der Waals surface area contributed by atoms with Crippen LogP contribution in [0.15, 0.2) is 23.8 Å². The van der Waals surface area contributed by atoms with Crippen molar-refractivity contribution in [2.75, 3.05) is 0 Å². The van der Waals surface area contributed by atoms with Gasteiger partial charge in [0.2, 0.25) is 0 Å². The Kier molecular flexibility index (Phi) is 4.29. The smallest absolute Gasteiger partial charge is 0.0875 e. The molecule has 0 aromatic rings. The molecule has 0 aromatic carbocycles. The normalized spacial score (nSPS) is 46.3. The van der Waals surface area contributed by atoms with E-state index in [1.54, 1.807) is 0 Å². The quantitative estimate of drug-likeness (QED) is 0.737. The highest BCUT2D eigenvalue weighted by atomic mass is 16.5. The molecule has 3 rings (SSSR count). The minimum Gasteiger partial charge on any atom is -0.390 e. The molecule has 0 radical (unpaired) electrons. The molecule has 2 aliphatic heterocycles. The van der Waals surface area contributed by atoms with Crippen molar-refractivity contribution in [2.45, 2.75) is 71.2 Å². The van der Waals surface area contributed by atoms with Gasteiger partial charge in [-0.25, -0.2) is 0 Å². The highest BCUT2D eigenvalue weighted by molar-refractivity contribution is 5.18. The van der Waals surface area contributed by atoms with Crippen molar-refractivity contribution in [3.8, 4) is 0 Å². The Bertz CT molecular complexity index is 437. The lowest BCUT2D eigenvalue weighted by atomic mass is 9.62. The summed E-state index contributed by atoms with van der Waals surface area (Å²) in [6.07, 6.45) is 7.38.